The zero-order chi connectivity index (χ0) is 25.6. The van der Waals surface area contributed by atoms with Gasteiger partial charge in [-0.3, -0.25) is 9.59 Å². The van der Waals surface area contributed by atoms with Crippen LogP contribution in [0.3, 0.4) is 0 Å². The van der Waals surface area contributed by atoms with Crippen LogP contribution >= 0.6 is 0 Å². The van der Waals surface area contributed by atoms with E-state index in [4.69, 9.17) is 24.4 Å². The van der Waals surface area contributed by atoms with E-state index in [1.807, 2.05) is 48.5 Å². The van der Waals surface area contributed by atoms with E-state index in [-0.39, 0.29) is 36.5 Å². The largest absolute Gasteiger partial charge is 0.481 e. The molecule has 1 amide bonds. The minimum absolute atomic E-state index is 0.0302. The zero-order valence-electron chi connectivity index (χ0n) is 21.5. The number of carbonyl (C=O) groups excluding carboxylic acids is 1. The maximum atomic E-state index is 12.8. The number of hydrogen-bond acceptors (Lipinski definition) is 6. The summed E-state index contributed by atoms with van der Waals surface area (Å²) in [6.07, 6.45) is 0.462. The van der Waals surface area contributed by atoms with E-state index in [1.54, 1.807) is 4.90 Å². The number of ether oxygens (including phenoxy) is 3. The van der Waals surface area contributed by atoms with Gasteiger partial charge in [0.15, 0.2) is 0 Å². The molecule has 0 saturated heterocycles. The lowest BCUT2D eigenvalue weighted by Crippen LogP contribution is -2.42. The summed E-state index contributed by atoms with van der Waals surface area (Å²) in [4.78, 5) is 36.1. The molecule has 0 aromatic carbocycles. The van der Waals surface area contributed by atoms with Gasteiger partial charge in [0.05, 0.1) is 26.1 Å². The molecule has 0 aliphatic carbocycles. The van der Waals surface area contributed by atoms with Crippen molar-refractivity contribution in [2.45, 2.75) is 73.3 Å². The van der Waals surface area contributed by atoms with Crippen molar-refractivity contribution in [3.63, 3.8) is 0 Å². The van der Waals surface area contributed by atoms with Crippen LogP contribution in [0.2, 0.25) is 0 Å². The Morgan fingerprint density at radius 1 is 0.788 bits per heavy atom. The van der Waals surface area contributed by atoms with Gasteiger partial charge in [-0.15, -0.1) is 0 Å². The molecule has 0 bridgehead atoms. The summed E-state index contributed by atoms with van der Waals surface area (Å²) < 4.78 is 17.0. The topological polar surface area (TPSA) is 123 Å². The molecule has 0 aliphatic heterocycles. The monoisotopic (exact) mass is 475 g/mol. The third-order valence-electron chi connectivity index (χ3n) is 4.84. The molecule has 0 saturated carbocycles. The van der Waals surface area contributed by atoms with E-state index in [0.29, 0.717) is 39.5 Å². The molecule has 9 heteroatoms. The number of carbonyl (C=O) groups is 3. The summed E-state index contributed by atoms with van der Waals surface area (Å²) in [6, 6.07) is 0. The lowest BCUT2D eigenvalue weighted by molar-refractivity contribution is -0.139. The Kier molecular flexibility index (Phi) is 15.0. The third kappa shape index (κ3) is 17.3. The Hall–Kier alpha value is -1.87. The summed E-state index contributed by atoms with van der Waals surface area (Å²) in [5, 5.41) is 17.8. The van der Waals surface area contributed by atoms with Crippen LogP contribution in [-0.4, -0.2) is 78.3 Å². The van der Waals surface area contributed by atoms with Crippen molar-refractivity contribution in [3.8, 4) is 0 Å². The fourth-order valence-electron chi connectivity index (χ4n) is 3.24. The molecule has 0 aromatic heterocycles. The number of amides is 1. The highest BCUT2D eigenvalue weighted by Crippen LogP contribution is 2.15. The fourth-order valence-corrected chi connectivity index (χ4v) is 3.24. The van der Waals surface area contributed by atoms with E-state index < -0.39 is 23.6 Å². The van der Waals surface area contributed by atoms with Crippen LogP contribution in [0.15, 0.2) is 0 Å². The Labute approximate surface area is 198 Å². The van der Waals surface area contributed by atoms with Crippen LogP contribution < -0.4 is 0 Å². The Bertz CT molecular complexity index is 590. The molecule has 0 spiro atoms. The van der Waals surface area contributed by atoms with Gasteiger partial charge in [0, 0.05) is 26.3 Å². The lowest BCUT2D eigenvalue weighted by atomic mass is 10.0. The van der Waals surface area contributed by atoms with Gasteiger partial charge in [0.2, 0.25) is 0 Å². The van der Waals surface area contributed by atoms with Gasteiger partial charge in [-0.1, -0.05) is 34.1 Å². The quantitative estimate of drug-likeness (QED) is 0.322. The van der Waals surface area contributed by atoms with Crippen LogP contribution in [0, 0.1) is 23.7 Å². The molecule has 0 aromatic rings. The maximum Gasteiger partial charge on any atom is 0.410 e. The average Bonchev–Trinajstić information content (AvgIpc) is 2.64. The third-order valence-corrected chi connectivity index (χ3v) is 4.84. The molecular formula is C24H45NO8. The standard InChI is InChI=1S/C24H45NO8/c1-8-20(10-22(28)29)16-32-15-19(4)12-25(23(30)33-24(5,6)7)11-18(3)14-31-13-17(2)9-21(26)27/h17-20H,8-16H2,1-7H3,(H,26,27)(H,28,29). The molecule has 0 heterocycles. The zero-order valence-corrected chi connectivity index (χ0v) is 21.5. The van der Waals surface area contributed by atoms with Crippen LogP contribution in [-0.2, 0) is 23.8 Å². The number of nitrogens with zero attached hydrogens (tertiary/aromatic N) is 1. The van der Waals surface area contributed by atoms with Gasteiger partial charge < -0.3 is 29.3 Å². The number of hydrogen-bond donors (Lipinski definition) is 2. The molecule has 4 atom stereocenters. The second kappa shape index (κ2) is 15.9. The Balaban J connectivity index is 4.77. The molecule has 2 N–H and O–H groups in total. The van der Waals surface area contributed by atoms with Gasteiger partial charge in [0.1, 0.15) is 5.60 Å². The van der Waals surface area contributed by atoms with E-state index >= 15 is 0 Å². The highest BCUT2D eigenvalue weighted by molar-refractivity contribution is 5.68. The number of carboxylic acid groups (broad SMARTS) is 2. The summed E-state index contributed by atoms with van der Waals surface area (Å²) in [5.41, 5.74) is -0.619. The molecule has 0 aliphatic rings. The molecule has 9 nitrogen and oxygen atoms in total. The van der Waals surface area contributed by atoms with Crippen molar-refractivity contribution in [2.24, 2.45) is 23.7 Å². The summed E-state index contributed by atoms with van der Waals surface area (Å²) in [6.45, 7) is 15.6. The minimum atomic E-state index is -0.848. The summed E-state index contributed by atoms with van der Waals surface area (Å²) >= 11 is 0. The van der Waals surface area contributed by atoms with E-state index in [0.717, 1.165) is 6.42 Å². The van der Waals surface area contributed by atoms with Crippen molar-refractivity contribution in [1.82, 2.24) is 4.90 Å². The van der Waals surface area contributed by atoms with E-state index in [1.165, 1.54) is 0 Å². The first-order valence-corrected chi connectivity index (χ1v) is 11.8. The minimum Gasteiger partial charge on any atom is -0.481 e. The molecular weight excluding hydrogens is 430 g/mol. The van der Waals surface area contributed by atoms with Crippen molar-refractivity contribution in [1.29, 1.82) is 0 Å². The SMILES string of the molecule is CCC(COCC(C)CN(CC(C)COCC(C)CC(=O)O)C(=O)OC(C)(C)C)CC(=O)O. The van der Waals surface area contributed by atoms with Gasteiger partial charge in [-0.2, -0.15) is 0 Å². The predicted octanol–water partition coefficient (Wildman–Crippen LogP) is 4.14. The van der Waals surface area contributed by atoms with Crippen molar-refractivity contribution in [3.05, 3.63) is 0 Å². The summed E-state index contributed by atoms with van der Waals surface area (Å²) in [5.74, 6) is -1.73. The van der Waals surface area contributed by atoms with Gasteiger partial charge in [-0.05, 0) is 44.4 Å². The van der Waals surface area contributed by atoms with Crippen LogP contribution in [0.5, 0.6) is 0 Å². The second-order valence-electron chi connectivity index (χ2n) is 10.2. The fraction of sp³-hybridized carbons (Fsp3) is 0.875. The molecule has 194 valence electrons. The maximum absolute atomic E-state index is 12.8. The molecule has 0 radical (unpaired) electrons. The van der Waals surface area contributed by atoms with Crippen LogP contribution in [0.4, 0.5) is 4.79 Å². The van der Waals surface area contributed by atoms with Crippen molar-refractivity contribution < 1.29 is 38.8 Å². The van der Waals surface area contributed by atoms with Gasteiger partial charge in [-0.25, -0.2) is 4.79 Å². The molecule has 0 rings (SSSR count). The molecule has 33 heavy (non-hydrogen) atoms. The van der Waals surface area contributed by atoms with Gasteiger partial charge >= 0.3 is 18.0 Å². The highest BCUT2D eigenvalue weighted by atomic mass is 16.6. The number of aliphatic carboxylic acids is 2. The number of carboxylic acids is 2. The van der Waals surface area contributed by atoms with E-state index in [2.05, 4.69) is 0 Å². The Morgan fingerprint density at radius 3 is 1.67 bits per heavy atom. The predicted molar refractivity (Wildman–Crippen MR) is 125 cm³/mol. The van der Waals surface area contributed by atoms with Crippen molar-refractivity contribution in [2.75, 3.05) is 39.5 Å². The smallest absolute Gasteiger partial charge is 0.410 e. The second-order valence-corrected chi connectivity index (χ2v) is 10.2. The van der Waals surface area contributed by atoms with Gasteiger partial charge in [0.25, 0.3) is 0 Å². The molecule has 0 fully saturated rings. The highest BCUT2D eigenvalue weighted by Gasteiger charge is 2.25. The van der Waals surface area contributed by atoms with Crippen molar-refractivity contribution >= 4 is 18.0 Å². The first-order chi connectivity index (χ1) is 15.2. The lowest BCUT2D eigenvalue weighted by Gasteiger charge is -2.31. The first-order valence-electron chi connectivity index (χ1n) is 11.8. The van der Waals surface area contributed by atoms with Crippen LogP contribution in [0.25, 0.3) is 0 Å². The normalized spacial score (nSPS) is 15.4. The van der Waals surface area contributed by atoms with Crippen LogP contribution in [0.1, 0.15) is 67.7 Å². The molecule has 4 unspecified atom stereocenters. The van der Waals surface area contributed by atoms with E-state index in [9.17, 15) is 14.4 Å². The number of rotatable bonds is 17. The summed E-state index contributed by atoms with van der Waals surface area (Å²) in [7, 11) is 0. The first kappa shape index (κ1) is 31.1. The Morgan fingerprint density at radius 2 is 1.24 bits per heavy atom. The average molecular weight is 476 g/mol.